The van der Waals surface area contributed by atoms with E-state index in [4.69, 9.17) is 0 Å². The number of aromatic amines is 1. The Morgan fingerprint density at radius 2 is 1.77 bits per heavy atom. The molecule has 0 spiro atoms. The van der Waals surface area contributed by atoms with Gasteiger partial charge in [-0.1, -0.05) is 12.1 Å². The van der Waals surface area contributed by atoms with Crippen molar-refractivity contribution in [1.29, 1.82) is 0 Å². The van der Waals surface area contributed by atoms with Gasteiger partial charge in [-0.15, -0.1) is 0 Å². The van der Waals surface area contributed by atoms with Gasteiger partial charge in [0.2, 0.25) is 0 Å². The number of H-pyrrole nitrogens is 1. The molecule has 0 radical (unpaired) electrons. The number of nitrogens with zero attached hydrogens (tertiary/aromatic N) is 2. The fraction of sp³-hybridized carbons (Fsp3) is 0.389. The molecule has 1 aromatic carbocycles. The highest BCUT2D eigenvalue weighted by Gasteiger charge is 2.24. The lowest BCUT2D eigenvalue weighted by Crippen LogP contribution is -2.49. The van der Waals surface area contributed by atoms with Crippen LogP contribution < -0.4 is 4.90 Å². The molecule has 116 valence electrons. The zero-order valence-electron chi connectivity index (χ0n) is 13.5. The zero-order valence-corrected chi connectivity index (χ0v) is 13.5. The molecule has 0 saturated carbocycles. The first kappa shape index (κ1) is 14.7. The molecule has 0 atom stereocenters. The summed E-state index contributed by atoms with van der Waals surface area (Å²) in [4.78, 5) is 20.0. The van der Waals surface area contributed by atoms with Crippen LogP contribution in [0.3, 0.4) is 0 Å². The normalized spacial score (nSPS) is 15.2. The Morgan fingerprint density at radius 1 is 1.05 bits per heavy atom. The Morgan fingerprint density at radius 3 is 2.41 bits per heavy atom. The average Bonchev–Trinajstić information content (AvgIpc) is 2.96. The van der Waals surface area contributed by atoms with Gasteiger partial charge in [0, 0.05) is 43.8 Å². The van der Waals surface area contributed by atoms with E-state index in [-0.39, 0.29) is 5.91 Å². The third-order valence-electron chi connectivity index (χ3n) is 4.67. The van der Waals surface area contributed by atoms with Crippen LogP contribution in [-0.4, -0.2) is 42.0 Å². The van der Waals surface area contributed by atoms with E-state index in [0.29, 0.717) is 0 Å². The van der Waals surface area contributed by atoms with E-state index in [1.807, 2.05) is 24.1 Å². The first-order chi connectivity index (χ1) is 10.6. The molecule has 0 aliphatic carbocycles. The molecule has 1 aromatic heterocycles. The highest BCUT2D eigenvalue weighted by molar-refractivity contribution is 5.95. The van der Waals surface area contributed by atoms with Gasteiger partial charge in [0.1, 0.15) is 0 Å². The summed E-state index contributed by atoms with van der Waals surface area (Å²) in [6, 6.07) is 8.30. The Balaban J connectivity index is 1.69. The molecule has 1 N–H and O–H groups in total. The standard InChI is InChI=1S/C18H23N3O/c1-13-5-4-6-17(14(13)2)20-9-11-21(12-10-20)18(22)16-7-8-19-15(16)3/h4-8,19H,9-12H2,1-3H3. The molecule has 1 amide bonds. The molecular weight excluding hydrogens is 274 g/mol. The van der Waals surface area contributed by atoms with Crippen molar-refractivity contribution in [2.45, 2.75) is 20.8 Å². The summed E-state index contributed by atoms with van der Waals surface area (Å²) in [6.07, 6.45) is 1.83. The van der Waals surface area contributed by atoms with E-state index >= 15 is 0 Å². The summed E-state index contributed by atoms with van der Waals surface area (Å²) in [5.41, 5.74) is 5.69. The Bertz CT molecular complexity index is 681. The van der Waals surface area contributed by atoms with Crippen LogP contribution in [0.1, 0.15) is 27.2 Å². The molecule has 1 fully saturated rings. The number of anilines is 1. The molecule has 0 bridgehead atoms. The number of piperazine rings is 1. The SMILES string of the molecule is Cc1cccc(N2CCN(C(=O)c3cc[nH]c3C)CC2)c1C. The lowest BCUT2D eigenvalue weighted by Gasteiger charge is -2.37. The van der Waals surface area contributed by atoms with E-state index in [9.17, 15) is 4.79 Å². The molecule has 3 rings (SSSR count). The number of aromatic nitrogens is 1. The van der Waals surface area contributed by atoms with Crippen LogP contribution >= 0.6 is 0 Å². The molecule has 2 heterocycles. The van der Waals surface area contributed by atoms with Gasteiger partial charge >= 0.3 is 0 Å². The second kappa shape index (κ2) is 5.87. The zero-order chi connectivity index (χ0) is 15.7. The van der Waals surface area contributed by atoms with Crippen LogP contribution in [0.4, 0.5) is 5.69 Å². The number of carbonyl (C=O) groups is 1. The van der Waals surface area contributed by atoms with Gasteiger partial charge in [-0.2, -0.15) is 0 Å². The van der Waals surface area contributed by atoms with Gasteiger partial charge in [-0.25, -0.2) is 0 Å². The monoisotopic (exact) mass is 297 g/mol. The fourth-order valence-electron chi connectivity index (χ4n) is 3.08. The van der Waals surface area contributed by atoms with Gasteiger partial charge in [0.25, 0.3) is 5.91 Å². The molecule has 1 aliphatic rings. The summed E-state index contributed by atoms with van der Waals surface area (Å²) in [6.45, 7) is 9.59. The fourth-order valence-corrected chi connectivity index (χ4v) is 3.08. The van der Waals surface area contributed by atoms with E-state index in [1.54, 1.807) is 0 Å². The van der Waals surface area contributed by atoms with Crippen LogP contribution in [0.5, 0.6) is 0 Å². The number of nitrogens with one attached hydrogen (secondary N) is 1. The van der Waals surface area contributed by atoms with Gasteiger partial charge in [-0.05, 0) is 44.0 Å². The number of rotatable bonds is 2. The molecule has 22 heavy (non-hydrogen) atoms. The third-order valence-corrected chi connectivity index (χ3v) is 4.67. The number of hydrogen-bond donors (Lipinski definition) is 1. The smallest absolute Gasteiger partial charge is 0.255 e. The van der Waals surface area contributed by atoms with E-state index < -0.39 is 0 Å². The van der Waals surface area contributed by atoms with Crippen molar-refractivity contribution in [2.75, 3.05) is 31.1 Å². The number of benzene rings is 1. The minimum Gasteiger partial charge on any atom is -0.368 e. The van der Waals surface area contributed by atoms with Crippen LogP contribution in [0.25, 0.3) is 0 Å². The van der Waals surface area contributed by atoms with Crippen LogP contribution in [-0.2, 0) is 0 Å². The van der Waals surface area contributed by atoms with Crippen molar-refractivity contribution in [2.24, 2.45) is 0 Å². The van der Waals surface area contributed by atoms with Crippen molar-refractivity contribution in [1.82, 2.24) is 9.88 Å². The topological polar surface area (TPSA) is 39.3 Å². The quantitative estimate of drug-likeness (QED) is 0.926. The van der Waals surface area contributed by atoms with Crippen molar-refractivity contribution >= 4 is 11.6 Å². The van der Waals surface area contributed by atoms with Gasteiger partial charge < -0.3 is 14.8 Å². The lowest BCUT2D eigenvalue weighted by molar-refractivity contribution is 0.0746. The molecule has 0 unspecified atom stereocenters. The summed E-state index contributed by atoms with van der Waals surface area (Å²) in [5, 5.41) is 0. The summed E-state index contributed by atoms with van der Waals surface area (Å²) in [7, 11) is 0. The Labute approximate surface area is 131 Å². The van der Waals surface area contributed by atoms with Crippen molar-refractivity contribution in [3.05, 3.63) is 52.8 Å². The second-order valence-corrected chi connectivity index (χ2v) is 6.01. The summed E-state index contributed by atoms with van der Waals surface area (Å²) < 4.78 is 0. The number of hydrogen-bond acceptors (Lipinski definition) is 2. The largest absolute Gasteiger partial charge is 0.368 e. The van der Waals surface area contributed by atoms with Crippen LogP contribution in [0.15, 0.2) is 30.5 Å². The van der Waals surface area contributed by atoms with E-state index in [0.717, 1.165) is 37.4 Å². The minimum absolute atomic E-state index is 0.138. The summed E-state index contributed by atoms with van der Waals surface area (Å²) >= 11 is 0. The van der Waals surface area contributed by atoms with Crippen LogP contribution in [0.2, 0.25) is 0 Å². The molecule has 2 aromatic rings. The number of carbonyl (C=O) groups excluding carboxylic acids is 1. The van der Waals surface area contributed by atoms with Gasteiger partial charge in [0.15, 0.2) is 0 Å². The van der Waals surface area contributed by atoms with Crippen molar-refractivity contribution in [3.8, 4) is 0 Å². The third kappa shape index (κ3) is 2.61. The predicted octanol–water partition coefficient (Wildman–Crippen LogP) is 2.90. The Kier molecular flexibility index (Phi) is 3.92. The maximum atomic E-state index is 12.5. The maximum Gasteiger partial charge on any atom is 0.255 e. The Hall–Kier alpha value is -2.23. The minimum atomic E-state index is 0.138. The lowest BCUT2D eigenvalue weighted by atomic mass is 10.1. The van der Waals surface area contributed by atoms with Gasteiger partial charge in [0.05, 0.1) is 5.56 Å². The van der Waals surface area contributed by atoms with E-state index in [1.165, 1.54) is 16.8 Å². The average molecular weight is 297 g/mol. The van der Waals surface area contributed by atoms with E-state index in [2.05, 4.69) is 41.9 Å². The van der Waals surface area contributed by atoms with Crippen LogP contribution in [0, 0.1) is 20.8 Å². The number of amides is 1. The highest BCUT2D eigenvalue weighted by atomic mass is 16.2. The molecule has 4 nitrogen and oxygen atoms in total. The first-order valence-electron chi connectivity index (χ1n) is 7.82. The molecule has 4 heteroatoms. The highest BCUT2D eigenvalue weighted by Crippen LogP contribution is 2.24. The maximum absolute atomic E-state index is 12.5. The summed E-state index contributed by atoms with van der Waals surface area (Å²) in [5.74, 6) is 0.138. The van der Waals surface area contributed by atoms with Gasteiger partial charge in [-0.3, -0.25) is 4.79 Å². The molecular formula is C18H23N3O. The second-order valence-electron chi connectivity index (χ2n) is 6.01. The van der Waals surface area contributed by atoms with Crippen molar-refractivity contribution in [3.63, 3.8) is 0 Å². The number of aryl methyl sites for hydroxylation is 2. The predicted molar refractivity (Wildman–Crippen MR) is 89.6 cm³/mol. The van der Waals surface area contributed by atoms with Crippen molar-refractivity contribution < 1.29 is 4.79 Å². The molecule has 1 saturated heterocycles. The molecule has 1 aliphatic heterocycles. The first-order valence-corrected chi connectivity index (χ1v) is 7.82.